The van der Waals surface area contributed by atoms with E-state index in [1.165, 1.54) is 25.7 Å². The number of fused-ring (bicyclic) bond motifs is 1. The highest BCUT2D eigenvalue weighted by molar-refractivity contribution is 6.32. The molecule has 2 aromatic heterocycles. The van der Waals surface area contributed by atoms with Gasteiger partial charge in [-0.1, -0.05) is 31.4 Å². The lowest BCUT2D eigenvalue weighted by Crippen LogP contribution is -2.19. The first-order valence-electron chi connectivity index (χ1n) is 9.37. The van der Waals surface area contributed by atoms with Gasteiger partial charge in [0.2, 0.25) is 0 Å². The Balaban J connectivity index is 1.58. The van der Waals surface area contributed by atoms with Gasteiger partial charge in [0.15, 0.2) is 0 Å². The molecule has 6 heteroatoms. The first-order chi connectivity index (χ1) is 12.4. The fraction of sp³-hybridized carbons (Fsp3) is 0.550. The van der Waals surface area contributed by atoms with Crippen LogP contribution in [-0.2, 0) is 17.8 Å². The van der Waals surface area contributed by atoms with Crippen LogP contribution in [0, 0.1) is 5.41 Å². The number of aryl methyl sites for hydroxylation is 1. The summed E-state index contributed by atoms with van der Waals surface area (Å²) in [5.41, 5.74) is 4.18. The molecule has 0 aliphatic heterocycles. The van der Waals surface area contributed by atoms with E-state index >= 15 is 0 Å². The van der Waals surface area contributed by atoms with E-state index in [1.54, 1.807) is 0 Å². The van der Waals surface area contributed by atoms with Crippen molar-refractivity contribution in [3.05, 3.63) is 34.9 Å². The molecule has 5 nitrogen and oxygen atoms in total. The molecule has 0 saturated heterocycles. The average molecular weight is 374 g/mol. The van der Waals surface area contributed by atoms with Gasteiger partial charge in [0.1, 0.15) is 5.15 Å². The van der Waals surface area contributed by atoms with Gasteiger partial charge in [-0.15, -0.1) is 0 Å². The molecule has 0 aromatic carbocycles. The standard InChI is InChI=1S/C20H24ClN3O2/c1-20(6-2-3-7-20)12-24-11-15(10-22-24)16-8-13-4-5-14(9-17(25)26)18(13)23-19(16)21/h8,10-11,14H,2-7,9,12H2,1H3,(H,25,26). The minimum Gasteiger partial charge on any atom is -0.481 e. The van der Waals surface area contributed by atoms with Crippen molar-refractivity contribution in [2.24, 2.45) is 5.41 Å². The maximum atomic E-state index is 11.0. The summed E-state index contributed by atoms with van der Waals surface area (Å²) in [6, 6.07) is 2.07. The van der Waals surface area contributed by atoms with Crippen molar-refractivity contribution in [2.45, 2.75) is 64.3 Å². The maximum absolute atomic E-state index is 11.0. The molecule has 2 heterocycles. The van der Waals surface area contributed by atoms with Crippen LogP contribution in [0.4, 0.5) is 0 Å². The number of halogens is 1. The van der Waals surface area contributed by atoms with E-state index in [0.717, 1.165) is 41.8 Å². The topological polar surface area (TPSA) is 68.0 Å². The van der Waals surface area contributed by atoms with Crippen LogP contribution in [0.25, 0.3) is 11.1 Å². The zero-order valence-electron chi connectivity index (χ0n) is 15.0. The van der Waals surface area contributed by atoms with Crippen LogP contribution in [0.1, 0.15) is 62.6 Å². The Hall–Kier alpha value is -1.88. The Kier molecular flexibility index (Phi) is 4.51. The molecule has 0 spiro atoms. The molecule has 1 atom stereocenters. The molecule has 26 heavy (non-hydrogen) atoms. The normalized spacial score (nSPS) is 21.1. The second-order valence-electron chi connectivity index (χ2n) is 8.15. The van der Waals surface area contributed by atoms with Crippen molar-refractivity contribution in [1.82, 2.24) is 14.8 Å². The van der Waals surface area contributed by atoms with E-state index < -0.39 is 5.97 Å². The molecule has 1 fully saturated rings. The molecule has 4 rings (SSSR count). The quantitative estimate of drug-likeness (QED) is 0.772. The molecule has 0 bridgehead atoms. The smallest absolute Gasteiger partial charge is 0.304 e. The van der Waals surface area contributed by atoms with Crippen molar-refractivity contribution in [3.63, 3.8) is 0 Å². The van der Waals surface area contributed by atoms with Gasteiger partial charge in [-0.25, -0.2) is 4.98 Å². The third-order valence-corrected chi connectivity index (χ3v) is 6.25. The highest BCUT2D eigenvalue weighted by atomic mass is 35.5. The molecule has 1 unspecified atom stereocenters. The number of rotatable bonds is 5. The SMILES string of the molecule is CC1(Cn2cc(-c3cc4c(nc3Cl)C(CC(=O)O)CC4)cn2)CCCC1. The van der Waals surface area contributed by atoms with Crippen LogP contribution in [0.15, 0.2) is 18.5 Å². The van der Waals surface area contributed by atoms with Crippen molar-refractivity contribution in [3.8, 4) is 11.1 Å². The summed E-state index contributed by atoms with van der Waals surface area (Å²) in [5.74, 6) is -0.814. The number of carboxylic acids is 1. The summed E-state index contributed by atoms with van der Waals surface area (Å²) >= 11 is 6.46. The molecule has 2 aromatic rings. The lowest BCUT2D eigenvalue weighted by molar-refractivity contribution is -0.137. The van der Waals surface area contributed by atoms with Gasteiger partial charge in [-0.05, 0) is 42.7 Å². The number of hydrogen-bond acceptors (Lipinski definition) is 3. The van der Waals surface area contributed by atoms with Crippen LogP contribution >= 0.6 is 11.6 Å². The first-order valence-corrected chi connectivity index (χ1v) is 9.75. The highest BCUT2D eigenvalue weighted by Gasteiger charge is 2.30. The zero-order valence-corrected chi connectivity index (χ0v) is 15.8. The molecular formula is C20H24ClN3O2. The highest BCUT2D eigenvalue weighted by Crippen LogP contribution is 2.40. The van der Waals surface area contributed by atoms with Gasteiger partial charge in [0.05, 0.1) is 12.6 Å². The molecule has 138 valence electrons. The molecular weight excluding hydrogens is 350 g/mol. The number of carbonyl (C=O) groups is 1. The summed E-state index contributed by atoms with van der Waals surface area (Å²) in [6.07, 6.45) is 10.8. The minimum absolute atomic E-state index is 0.0286. The van der Waals surface area contributed by atoms with Crippen molar-refractivity contribution in [2.75, 3.05) is 0 Å². The van der Waals surface area contributed by atoms with Crippen LogP contribution in [-0.4, -0.2) is 25.8 Å². The predicted molar refractivity (Wildman–Crippen MR) is 100 cm³/mol. The number of hydrogen-bond donors (Lipinski definition) is 1. The van der Waals surface area contributed by atoms with Crippen molar-refractivity contribution in [1.29, 1.82) is 0 Å². The van der Waals surface area contributed by atoms with Crippen LogP contribution in [0.5, 0.6) is 0 Å². The van der Waals surface area contributed by atoms with Crippen LogP contribution in [0.3, 0.4) is 0 Å². The Bertz CT molecular complexity index is 840. The van der Waals surface area contributed by atoms with Gasteiger partial charge < -0.3 is 5.11 Å². The molecule has 2 aliphatic carbocycles. The van der Waals surface area contributed by atoms with Gasteiger partial charge in [-0.2, -0.15) is 5.10 Å². The molecule has 2 aliphatic rings. The Morgan fingerprint density at radius 3 is 2.92 bits per heavy atom. The van der Waals surface area contributed by atoms with Gasteiger partial charge in [0, 0.05) is 35.5 Å². The molecule has 0 amide bonds. The van der Waals surface area contributed by atoms with Crippen molar-refractivity contribution < 1.29 is 9.90 Å². The van der Waals surface area contributed by atoms with Crippen LogP contribution in [0.2, 0.25) is 5.15 Å². The number of aromatic nitrogens is 3. The molecule has 0 radical (unpaired) electrons. The van der Waals surface area contributed by atoms with E-state index in [1.807, 2.05) is 10.9 Å². The third kappa shape index (κ3) is 3.37. The fourth-order valence-electron chi connectivity index (χ4n) is 4.54. The van der Waals surface area contributed by atoms with E-state index in [0.29, 0.717) is 10.6 Å². The fourth-order valence-corrected chi connectivity index (χ4v) is 4.80. The monoisotopic (exact) mass is 373 g/mol. The largest absolute Gasteiger partial charge is 0.481 e. The van der Waals surface area contributed by atoms with E-state index in [9.17, 15) is 4.79 Å². The number of pyridine rings is 1. The van der Waals surface area contributed by atoms with Crippen LogP contribution < -0.4 is 0 Å². The second kappa shape index (κ2) is 6.69. The maximum Gasteiger partial charge on any atom is 0.304 e. The third-order valence-electron chi connectivity index (χ3n) is 5.96. The second-order valence-corrected chi connectivity index (χ2v) is 8.51. The van der Waals surface area contributed by atoms with E-state index in [2.05, 4.69) is 29.3 Å². The molecule has 1 N–H and O–H groups in total. The number of aliphatic carboxylic acids is 1. The van der Waals surface area contributed by atoms with Gasteiger partial charge in [-0.3, -0.25) is 9.48 Å². The Labute approximate surface area is 158 Å². The Morgan fingerprint density at radius 2 is 2.19 bits per heavy atom. The lowest BCUT2D eigenvalue weighted by atomic mass is 9.89. The predicted octanol–water partition coefficient (Wildman–Crippen LogP) is 4.68. The number of carboxylic acid groups (broad SMARTS) is 1. The number of nitrogens with zero attached hydrogens (tertiary/aromatic N) is 3. The summed E-state index contributed by atoms with van der Waals surface area (Å²) in [7, 11) is 0. The lowest BCUT2D eigenvalue weighted by Gasteiger charge is -2.22. The minimum atomic E-state index is -0.786. The van der Waals surface area contributed by atoms with E-state index in [-0.39, 0.29) is 12.3 Å². The first kappa shape index (κ1) is 17.5. The zero-order chi connectivity index (χ0) is 18.3. The summed E-state index contributed by atoms with van der Waals surface area (Å²) in [6.45, 7) is 3.28. The molecule has 1 saturated carbocycles. The average Bonchev–Trinajstić information content (AvgIpc) is 3.29. The van der Waals surface area contributed by atoms with Gasteiger partial charge >= 0.3 is 5.97 Å². The summed E-state index contributed by atoms with van der Waals surface area (Å²) < 4.78 is 2.03. The van der Waals surface area contributed by atoms with E-state index in [4.69, 9.17) is 16.7 Å². The summed E-state index contributed by atoms with van der Waals surface area (Å²) in [5, 5.41) is 14.1. The van der Waals surface area contributed by atoms with Crippen molar-refractivity contribution >= 4 is 17.6 Å². The van der Waals surface area contributed by atoms with Gasteiger partial charge in [0.25, 0.3) is 0 Å². The summed E-state index contributed by atoms with van der Waals surface area (Å²) in [4.78, 5) is 15.6. The Morgan fingerprint density at radius 1 is 1.42 bits per heavy atom.